The molecule has 0 saturated carbocycles. The Morgan fingerprint density at radius 2 is 1.88 bits per heavy atom. The molecule has 2 aromatic carbocycles. The van der Waals surface area contributed by atoms with E-state index < -0.39 is 11.9 Å². The molecular formula is C17H13Cl2NO5. The summed E-state index contributed by atoms with van der Waals surface area (Å²) in [5.41, 5.74) is 0.125. The van der Waals surface area contributed by atoms with Gasteiger partial charge in [-0.2, -0.15) is 0 Å². The Hall–Kier alpha value is -2.70. The van der Waals surface area contributed by atoms with Gasteiger partial charge in [0.1, 0.15) is 5.70 Å². The molecule has 0 fully saturated rings. The van der Waals surface area contributed by atoms with E-state index in [2.05, 4.69) is 5.32 Å². The number of carbonyl (C=O) groups is 2. The normalized spacial score (nSPS) is 11.1. The molecule has 8 heteroatoms. The van der Waals surface area contributed by atoms with Gasteiger partial charge in [-0.05, 0) is 42.0 Å². The van der Waals surface area contributed by atoms with Gasteiger partial charge in [0.25, 0.3) is 5.91 Å². The molecule has 0 bridgehead atoms. The average molecular weight is 382 g/mol. The van der Waals surface area contributed by atoms with Gasteiger partial charge in [-0.3, -0.25) is 4.79 Å². The van der Waals surface area contributed by atoms with E-state index in [-0.39, 0.29) is 27.8 Å². The number of carboxylic acid groups (broad SMARTS) is 1. The van der Waals surface area contributed by atoms with E-state index in [4.69, 9.17) is 27.9 Å². The molecule has 2 aromatic rings. The van der Waals surface area contributed by atoms with Gasteiger partial charge in [-0.25, -0.2) is 4.79 Å². The highest BCUT2D eigenvalue weighted by atomic mass is 35.5. The molecule has 0 unspecified atom stereocenters. The maximum atomic E-state index is 12.3. The summed E-state index contributed by atoms with van der Waals surface area (Å²) >= 11 is 11.7. The Morgan fingerprint density at radius 1 is 1.16 bits per heavy atom. The van der Waals surface area contributed by atoms with E-state index in [1.807, 2.05) is 0 Å². The highest BCUT2D eigenvalue weighted by Crippen LogP contribution is 2.27. The van der Waals surface area contributed by atoms with Crippen LogP contribution >= 0.6 is 23.2 Å². The first-order valence-corrected chi connectivity index (χ1v) is 7.66. The molecule has 1 amide bonds. The van der Waals surface area contributed by atoms with Gasteiger partial charge in [0.05, 0.1) is 17.7 Å². The molecule has 0 saturated heterocycles. The van der Waals surface area contributed by atoms with Crippen molar-refractivity contribution in [2.24, 2.45) is 0 Å². The molecule has 25 heavy (non-hydrogen) atoms. The molecule has 130 valence electrons. The summed E-state index contributed by atoms with van der Waals surface area (Å²) in [6.07, 6.45) is 1.23. The van der Waals surface area contributed by atoms with Crippen LogP contribution in [0.3, 0.4) is 0 Å². The zero-order chi connectivity index (χ0) is 18.6. The summed E-state index contributed by atoms with van der Waals surface area (Å²) in [5.74, 6) is -1.95. The van der Waals surface area contributed by atoms with Gasteiger partial charge in [-0.15, -0.1) is 0 Å². The van der Waals surface area contributed by atoms with Crippen LogP contribution in [-0.2, 0) is 4.79 Å². The molecule has 3 N–H and O–H groups in total. The number of hydrogen-bond acceptors (Lipinski definition) is 4. The van der Waals surface area contributed by atoms with Crippen molar-refractivity contribution < 1.29 is 24.5 Å². The highest BCUT2D eigenvalue weighted by Gasteiger charge is 2.16. The first kappa shape index (κ1) is 18.6. The Labute approximate surface area is 153 Å². The van der Waals surface area contributed by atoms with Crippen molar-refractivity contribution in [1.82, 2.24) is 5.32 Å². The van der Waals surface area contributed by atoms with E-state index in [1.54, 1.807) is 0 Å². The van der Waals surface area contributed by atoms with Crippen LogP contribution in [0.2, 0.25) is 10.0 Å². The highest BCUT2D eigenvalue weighted by molar-refractivity contribution is 6.36. The maximum absolute atomic E-state index is 12.3. The van der Waals surface area contributed by atoms with Gasteiger partial charge >= 0.3 is 5.97 Å². The number of methoxy groups -OCH3 is 1. The minimum Gasteiger partial charge on any atom is -0.504 e. The van der Waals surface area contributed by atoms with Crippen LogP contribution in [0, 0.1) is 0 Å². The van der Waals surface area contributed by atoms with Crippen molar-refractivity contribution in [2.75, 3.05) is 7.11 Å². The van der Waals surface area contributed by atoms with Gasteiger partial charge < -0.3 is 20.3 Å². The molecule has 0 aliphatic heterocycles. The third-order valence-electron chi connectivity index (χ3n) is 3.17. The number of phenolic OH excluding ortho intramolecular Hbond substituents is 1. The van der Waals surface area contributed by atoms with Crippen LogP contribution in [0.15, 0.2) is 42.1 Å². The number of nitrogens with one attached hydrogen (secondary N) is 1. The smallest absolute Gasteiger partial charge is 0.352 e. The Morgan fingerprint density at radius 3 is 2.48 bits per heavy atom. The number of amides is 1. The summed E-state index contributed by atoms with van der Waals surface area (Å²) in [4.78, 5) is 23.7. The summed E-state index contributed by atoms with van der Waals surface area (Å²) in [5, 5.41) is 21.6. The van der Waals surface area contributed by atoms with Gasteiger partial charge in [0.2, 0.25) is 0 Å². The lowest BCUT2D eigenvalue weighted by molar-refractivity contribution is -0.132. The summed E-state index contributed by atoms with van der Waals surface area (Å²) in [6.45, 7) is 0. The fourth-order valence-electron chi connectivity index (χ4n) is 1.97. The first-order valence-electron chi connectivity index (χ1n) is 6.90. The van der Waals surface area contributed by atoms with E-state index in [1.165, 1.54) is 49.6 Å². The van der Waals surface area contributed by atoms with Crippen LogP contribution in [-0.4, -0.2) is 29.2 Å². The number of ether oxygens (including phenoxy) is 1. The van der Waals surface area contributed by atoms with Crippen molar-refractivity contribution in [2.45, 2.75) is 0 Å². The predicted molar refractivity (Wildman–Crippen MR) is 94.2 cm³/mol. The van der Waals surface area contributed by atoms with Crippen molar-refractivity contribution in [3.63, 3.8) is 0 Å². The van der Waals surface area contributed by atoms with Crippen molar-refractivity contribution in [3.8, 4) is 11.5 Å². The number of rotatable bonds is 5. The Balaban J connectivity index is 2.32. The molecule has 6 nitrogen and oxygen atoms in total. The first-order chi connectivity index (χ1) is 11.8. The zero-order valence-electron chi connectivity index (χ0n) is 12.9. The summed E-state index contributed by atoms with van der Waals surface area (Å²) in [7, 11) is 1.37. The van der Waals surface area contributed by atoms with E-state index in [9.17, 15) is 19.8 Å². The van der Waals surface area contributed by atoms with Crippen LogP contribution in [0.1, 0.15) is 15.9 Å². The second-order valence-corrected chi connectivity index (χ2v) is 5.72. The fourth-order valence-corrected chi connectivity index (χ4v) is 2.46. The second kappa shape index (κ2) is 7.92. The van der Waals surface area contributed by atoms with Crippen LogP contribution in [0.4, 0.5) is 0 Å². The monoisotopic (exact) mass is 381 g/mol. The molecule has 0 heterocycles. The quantitative estimate of drug-likeness (QED) is 0.688. The third-order valence-corrected chi connectivity index (χ3v) is 3.72. The van der Waals surface area contributed by atoms with Crippen molar-refractivity contribution in [3.05, 3.63) is 63.3 Å². The SMILES string of the molecule is COc1cc(C=C(NC(=O)c2ccc(Cl)cc2Cl)C(=O)O)ccc1O. The lowest BCUT2D eigenvalue weighted by Gasteiger charge is -2.09. The van der Waals surface area contributed by atoms with E-state index in [0.717, 1.165) is 0 Å². The van der Waals surface area contributed by atoms with Crippen LogP contribution < -0.4 is 10.1 Å². The Bertz CT molecular complexity index is 864. The number of phenols is 1. The van der Waals surface area contributed by atoms with E-state index in [0.29, 0.717) is 10.6 Å². The molecular weight excluding hydrogens is 369 g/mol. The minimum atomic E-state index is -1.34. The predicted octanol–water partition coefficient (Wildman–Crippen LogP) is 3.56. The number of aliphatic carboxylic acids is 1. The van der Waals surface area contributed by atoms with Gasteiger partial charge in [-0.1, -0.05) is 29.3 Å². The average Bonchev–Trinajstić information content (AvgIpc) is 2.55. The topological polar surface area (TPSA) is 95.9 Å². The molecule has 0 aliphatic rings. The largest absolute Gasteiger partial charge is 0.504 e. The van der Waals surface area contributed by atoms with Crippen molar-refractivity contribution >= 4 is 41.2 Å². The minimum absolute atomic E-state index is 0.0847. The number of benzene rings is 2. The molecule has 0 aliphatic carbocycles. The zero-order valence-corrected chi connectivity index (χ0v) is 14.4. The van der Waals surface area contributed by atoms with Gasteiger partial charge in [0.15, 0.2) is 11.5 Å². The molecule has 0 radical (unpaired) electrons. The number of hydrogen-bond donors (Lipinski definition) is 3. The molecule has 2 rings (SSSR count). The standard InChI is InChI=1S/C17H13Cl2NO5/c1-25-15-7-9(2-5-14(15)21)6-13(17(23)24)20-16(22)11-4-3-10(18)8-12(11)19/h2-8,21H,1H3,(H,20,22)(H,23,24). The third kappa shape index (κ3) is 4.65. The van der Waals surface area contributed by atoms with Gasteiger partial charge in [0, 0.05) is 5.02 Å². The van der Waals surface area contributed by atoms with Crippen LogP contribution in [0.5, 0.6) is 11.5 Å². The number of carboxylic acids is 1. The maximum Gasteiger partial charge on any atom is 0.352 e. The Kier molecular flexibility index (Phi) is 5.90. The summed E-state index contributed by atoms with van der Waals surface area (Å²) < 4.78 is 4.96. The lowest BCUT2D eigenvalue weighted by Crippen LogP contribution is -2.27. The second-order valence-electron chi connectivity index (χ2n) is 4.87. The number of halogens is 2. The summed E-state index contributed by atoms with van der Waals surface area (Å²) in [6, 6.07) is 8.50. The number of aromatic hydroxyl groups is 1. The lowest BCUT2D eigenvalue weighted by atomic mass is 10.1. The van der Waals surface area contributed by atoms with E-state index >= 15 is 0 Å². The number of carbonyl (C=O) groups excluding carboxylic acids is 1. The fraction of sp³-hybridized carbons (Fsp3) is 0.0588. The molecule has 0 spiro atoms. The molecule has 0 aromatic heterocycles. The van der Waals surface area contributed by atoms with Crippen LogP contribution in [0.25, 0.3) is 6.08 Å². The van der Waals surface area contributed by atoms with Crippen molar-refractivity contribution in [1.29, 1.82) is 0 Å². The molecule has 0 atom stereocenters.